The highest BCUT2D eigenvalue weighted by Gasteiger charge is 2.19. The van der Waals surface area contributed by atoms with Gasteiger partial charge in [0.05, 0.1) is 5.71 Å². The van der Waals surface area contributed by atoms with E-state index in [0.717, 1.165) is 5.57 Å². The van der Waals surface area contributed by atoms with Crippen molar-refractivity contribution in [1.29, 1.82) is 5.41 Å². The minimum Gasteiger partial charge on any atom is -0.383 e. The molecule has 0 aromatic heterocycles. The Morgan fingerprint density at radius 2 is 1.77 bits per heavy atom. The van der Waals surface area contributed by atoms with E-state index in [2.05, 4.69) is 27.4 Å². The van der Waals surface area contributed by atoms with Gasteiger partial charge in [-0.15, -0.1) is 0 Å². The van der Waals surface area contributed by atoms with Crippen molar-refractivity contribution in [3.8, 4) is 0 Å². The van der Waals surface area contributed by atoms with Gasteiger partial charge < -0.3 is 10.3 Å². The maximum Gasteiger partial charge on any atom is 0.0585 e. The average Bonchev–Trinajstić information content (AvgIpc) is 1.96. The summed E-state index contributed by atoms with van der Waals surface area (Å²) in [5.41, 5.74) is 1.50. The van der Waals surface area contributed by atoms with Crippen LogP contribution in [0.4, 0.5) is 0 Å². The van der Waals surface area contributed by atoms with Gasteiger partial charge in [-0.1, -0.05) is 27.4 Å². The Morgan fingerprint density at radius 3 is 2.00 bits per heavy atom. The number of nitrogens with one attached hydrogen (secondary N) is 1. The first-order valence-electron chi connectivity index (χ1n) is 4.39. The average molecular weight is 180 g/mol. The van der Waals surface area contributed by atoms with Gasteiger partial charge in [0, 0.05) is 20.3 Å². The van der Waals surface area contributed by atoms with Gasteiger partial charge in [0.25, 0.3) is 0 Å². The van der Waals surface area contributed by atoms with Crippen LogP contribution in [0.1, 0.15) is 20.8 Å². The van der Waals surface area contributed by atoms with Crippen LogP contribution in [-0.2, 0) is 0 Å². The first-order chi connectivity index (χ1) is 5.79. The summed E-state index contributed by atoms with van der Waals surface area (Å²) in [6, 6.07) is 0. The molecular weight excluding hydrogens is 160 g/mol. The quantitative estimate of drug-likeness (QED) is 0.664. The van der Waals surface area contributed by atoms with E-state index in [4.69, 9.17) is 5.41 Å². The molecule has 13 heavy (non-hydrogen) atoms. The van der Waals surface area contributed by atoms with Gasteiger partial charge in [-0.25, -0.2) is 0 Å². The summed E-state index contributed by atoms with van der Waals surface area (Å²) in [7, 11) is 3.92. The Labute approximate surface area is 81.5 Å². The normalized spacial score (nSPS) is 12.5. The highest BCUT2D eigenvalue weighted by atomic mass is 15.0. The van der Waals surface area contributed by atoms with Crippen molar-refractivity contribution >= 4 is 5.71 Å². The fraction of sp³-hybridized carbons (Fsp3) is 0.545. The fourth-order valence-electron chi connectivity index (χ4n) is 1.04. The molecule has 0 fully saturated rings. The SMILES string of the molecule is C=CC(=N)/C(=C\N(C)C)C(C)(C)C. The van der Waals surface area contributed by atoms with Crippen LogP contribution >= 0.6 is 0 Å². The number of allylic oxidation sites excluding steroid dienone is 2. The zero-order chi connectivity index (χ0) is 10.6. The van der Waals surface area contributed by atoms with Crippen LogP contribution in [0, 0.1) is 10.8 Å². The summed E-state index contributed by atoms with van der Waals surface area (Å²) in [6.45, 7) is 9.91. The smallest absolute Gasteiger partial charge is 0.0585 e. The molecule has 0 aliphatic carbocycles. The van der Waals surface area contributed by atoms with Gasteiger partial charge in [0.1, 0.15) is 0 Å². The maximum atomic E-state index is 7.73. The first kappa shape index (κ1) is 11.9. The Bertz CT molecular complexity index is 229. The second kappa shape index (κ2) is 4.26. The molecule has 0 aliphatic rings. The summed E-state index contributed by atoms with van der Waals surface area (Å²) in [5.74, 6) is 0. The number of hydrogen-bond acceptors (Lipinski definition) is 2. The number of hydrogen-bond donors (Lipinski definition) is 1. The predicted molar refractivity (Wildman–Crippen MR) is 59.1 cm³/mol. The molecular formula is C11H20N2. The molecule has 0 atom stereocenters. The molecule has 0 heterocycles. The van der Waals surface area contributed by atoms with E-state index in [9.17, 15) is 0 Å². The largest absolute Gasteiger partial charge is 0.383 e. The van der Waals surface area contributed by atoms with Gasteiger partial charge >= 0.3 is 0 Å². The summed E-state index contributed by atoms with van der Waals surface area (Å²) in [4.78, 5) is 1.96. The highest BCUT2D eigenvalue weighted by Crippen LogP contribution is 2.26. The predicted octanol–water partition coefficient (Wildman–Crippen LogP) is 2.68. The standard InChI is InChI=1S/C11H20N2/c1-7-10(12)9(8-13(5)6)11(2,3)4/h7-8,12H,1H2,2-6H3/b9-8+,12-10?. The van der Waals surface area contributed by atoms with Crippen molar-refractivity contribution in [3.05, 3.63) is 24.4 Å². The lowest BCUT2D eigenvalue weighted by molar-refractivity contribution is 0.490. The fourth-order valence-corrected chi connectivity index (χ4v) is 1.04. The molecule has 0 bridgehead atoms. The monoisotopic (exact) mass is 180 g/mol. The Hall–Kier alpha value is -1.05. The van der Waals surface area contributed by atoms with Crippen molar-refractivity contribution in [2.24, 2.45) is 5.41 Å². The van der Waals surface area contributed by atoms with E-state index in [-0.39, 0.29) is 5.41 Å². The number of nitrogens with zero attached hydrogens (tertiary/aromatic N) is 1. The van der Waals surface area contributed by atoms with Gasteiger partial charge in [0.2, 0.25) is 0 Å². The molecule has 0 aromatic carbocycles. The van der Waals surface area contributed by atoms with E-state index in [1.165, 1.54) is 0 Å². The molecule has 0 aromatic rings. The molecule has 0 rings (SSSR count). The summed E-state index contributed by atoms with van der Waals surface area (Å²) in [6.07, 6.45) is 3.56. The molecule has 0 saturated heterocycles. The third kappa shape index (κ3) is 3.92. The lowest BCUT2D eigenvalue weighted by atomic mass is 9.84. The van der Waals surface area contributed by atoms with Crippen molar-refractivity contribution in [2.45, 2.75) is 20.8 Å². The molecule has 0 spiro atoms. The van der Waals surface area contributed by atoms with Crippen LogP contribution in [0.25, 0.3) is 0 Å². The molecule has 2 heteroatoms. The van der Waals surface area contributed by atoms with Gasteiger partial charge in [0.15, 0.2) is 0 Å². The topological polar surface area (TPSA) is 27.1 Å². The van der Waals surface area contributed by atoms with Crippen LogP contribution in [0.15, 0.2) is 24.4 Å². The zero-order valence-corrected chi connectivity index (χ0v) is 9.31. The third-order valence-electron chi connectivity index (χ3n) is 1.69. The van der Waals surface area contributed by atoms with Gasteiger partial charge in [-0.05, 0) is 17.1 Å². The molecule has 0 amide bonds. The van der Waals surface area contributed by atoms with Crippen molar-refractivity contribution in [1.82, 2.24) is 4.90 Å². The molecule has 0 aliphatic heterocycles. The maximum absolute atomic E-state index is 7.73. The van der Waals surface area contributed by atoms with Gasteiger partial charge in [-0.2, -0.15) is 0 Å². The van der Waals surface area contributed by atoms with Crippen LogP contribution in [0.5, 0.6) is 0 Å². The Kier molecular flexibility index (Phi) is 3.92. The van der Waals surface area contributed by atoms with E-state index in [1.807, 2.05) is 25.2 Å². The first-order valence-corrected chi connectivity index (χ1v) is 4.39. The van der Waals surface area contributed by atoms with E-state index < -0.39 is 0 Å². The van der Waals surface area contributed by atoms with E-state index in [0.29, 0.717) is 5.71 Å². The Balaban J connectivity index is 4.99. The summed E-state index contributed by atoms with van der Waals surface area (Å²) < 4.78 is 0. The van der Waals surface area contributed by atoms with Crippen LogP contribution in [-0.4, -0.2) is 24.7 Å². The van der Waals surface area contributed by atoms with Crippen molar-refractivity contribution < 1.29 is 0 Å². The minimum absolute atomic E-state index is 0.00442. The molecule has 74 valence electrons. The highest BCUT2D eigenvalue weighted by molar-refractivity contribution is 6.06. The van der Waals surface area contributed by atoms with Crippen molar-refractivity contribution in [3.63, 3.8) is 0 Å². The number of rotatable bonds is 3. The molecule has 0 saturated carbocycles. The van der Waals surface area contributed by atoms with Crippen LogP contribution in [0.2, 0.25) is 0 Å². The van der Waals surface area contributed by atoms with Gasteiger partial charge in [-0.3, -0.25) is 0 Å². The van der Waals surface area contributed by atoms with E-state index in [1.54, 1.807) is 6.08 Å². The zero-order valence-electron chi connectivity index (χ0n) is 9.31. The lowest BCUT2D eigenvalue weighted by Gasteiger charge is -2.24. The van der Waals surface area contributed by atoms with Crippen molar-refractivity contribution in [2.75, 3.05) is 14.1 Å². The van der Waals surface area contributed by atoms with E-state index >= 15 is 0 Å². The second-order valence-corrected chi connectivity index (χ2v) is 4.37. The summed E-state index contributed by atoms with van der Waals surface area (Å²) >= 11 is 0. The third-order valence-corrected chi connectivity index (χ3v) is 1.69. The molecule has 0 radical (unpaired) electrons. The van der Waals surface area contributed by atoms with Crippen LogP contribution < -0.4 is 0 Å². The second-order valence-electron chi connectivity index (χ2n) is 4.37. The molecule has 2 nitrogen and oxygen atoms in total. The minimum atomic E-state index is -0.00442. The Morgan fingerprint density at radius 1 is 1.31 bits per heavy atom. The van der Waals surface area contributed by atoms with Crippen LogP contribution in [0.3, 0.4) is 0 Å². The molecule has 0 unspecified atom stereocenters. The summed E-state index contributed by atoms with van der Waals surface area (Å²) in [5, 5.41) is 7.73. The molecule has 1 N–H and O–H groups in total. The lowest BCUT2D eigenvalue weighted by Crippen LogP contribution is -2.19.